The van der Waals surface area contributed by atoms with Gasteiger partial charge >= 0.3 is 6.03 Å². The van der Waals surface area contributed by atoms with Gasteiger partial charge < -0.3 is 19.9 Å². The summed E-state index contributed by atoms with van der Waals surface area (Å²) < 4.78 is 5.09. The number of urea groups is 1. The Kier molecular flexibility index (Phi) is 6.29. The zero-order chi connectivity index (χ0) is 22.4. The summed E-state index contributed by atoms with van der Waals surface area (Å²) in [6.07, 6.45) is 3.87. The van der Waals surface area contributed by atoms with E-state index in [0.717, 1.165) is 37.3 Å². The van der Waals surface area contributed by atoms with E-state index in [0.29, 0.717) is 24.2 Å². The third kappa shape index (κ3) is 4.03. The number of nitrogens with one attached hydrogen (secondary N) is 2. The van der Waals surface area contributed by atoms with Crippen LogP contribution in [0.5, 0.6) is 5.75 Å². The number of hydrogen-bond donors (Lipinski definition) is 2. The molecule has 2 saturated heterocycles. The molecule has 5 heterocycles. The molecule has 0 radical (unpaired) electrons. The largest absolute Gasteiger partial charge is 0.495 e. The third-order valence-corrected chi connectivity index (χ3v) is 6.98. The maximum absolute atomic E-state index is 13.5. The van der Waals surface area contributed by atoms with Crippen molar-refractivity contribution in [2.75, 3.05) is 32.1 Å². The molecule has 178 valence electrons. The Morgan fingerprint density at radius 2 is 2.03 bits per heavy atom. The predicted molar refractivity (Wildman–Crippen MR) is 124 cm³/mol. The highest BCUT2D eigenvalue weighted by Crippen LogP contribution is 2.37. The van der Waals surface area contributed by atoms with Crippen molar-refractivity contribution in [3.63, 3.8) is 0 Å². The number of fused-ring (bicyclic) bond motifs is 2. The number of pyridine rings is 1. The second-order valence-corrected chi connectivity index (χ2v) is 8.88. The van der Waals surface area contributed by atoms with Gasteiger partial charge in [-0.25, -0.2) is 9.78 Å². The normalized spacial score (nSPS) is 24.2. The fourth-order valence-electron chi connectivity index (χ4n) is 5.11. The molecular weight excluding hydrogens is 422 g/mol. The van der Waals surface area contributed by atoms with Crippen LogP contribution in [0.1, 0.15) is 61.9 Å². The molecular formula is C23H33N7O3. The molecule has 3 amide bonds. The van der Waals surface area contributed by atoms with Crippen LogP contribution in [0, 0.1) is 0 Å². The number of ether oxygens (including phenoxy) is 1. The molecule has 2 N–H and O–H groups in total. The summed E-state index contributed by atoms with van der Waals surface area (Å²) in [4.78, 5) is 36.6. The van der Waals surface area contributed by atoms with E-state index in [4.69, 9.17) is 4.74 Å². The van der Waals surface area contributed by atoms with Gasteiger partial charge in [-0.15, -0.1) is 0 Å². The Morgan fingerprint density at radius 1 is 1.21 bits per heavy atom. The third-order valence-electron chi connectivity index (χ3n) is 6.98. The van der Waals surface area contributed by atoms with Crippen molar-refractivity contribution in [3.8, 4) is 5.75 Å². The minimum absolute atomic E-state index is 0. The first-order chi connectivity index (χ1) is 15.5. The van der Waals surface area contributed by atoms with Crippen molar-refractivity contribution in [1.82, 2.24) is 29.9 Å². The molecule has 3 atom stereocenters. The molecule has 3 aliphatic rings. The van der Waals surface area contributed by atoms with Gasteiger partial charge in [0, 0.05) is 30.7 Å². The van der Waals surface area contributed by atoms with Gasteiger partial charge in [-0.05, 0) is 45.4 Å². The van der Waals surface area contributed by atoms with Gasteiger partial charge in [0.25, 0.3) is 5.91 Å². The van der Waals surface area contributed by atoms with Crippen molar-refractivity contribution in [2.45, 2.75) is 58.8 Å². The van der Waals surface area contributed by atoms with Crippen LogP contribution in [0.4, 0.5) is 10.6 Å². The maximum Gasteiger partial charge on any atom is 0.321 e. The van der Waals surface area contributed by atoms with Gasteiger partial charge in [-0.1, -0.05) is 7.43 Å². The van der Waals surface area contributed by atoms with Crippen LogP contribution >= 0.6 is 0 Å². The van der Waals surface area contributed by atoms with Gasteiger partial charge in [0.05, 0.1) is 31.6 Å². The lowest BCUT2D eigenvalue weighted by Gasteiger charge is -2.44. The number of carbonyl (C=O) groups is 2. The van der Waals surface area contributed by atoms with Crippen molar-refractivity contribution >= 4 is 17.8 Å². The Balaban J connectivity index is 0.00000259. The van der Waals surface area contributed by atoms with Crippen LogP contribution in [0.15, 0.2) is 18.3 Å². The van der Waals surface area contributed by atoms with E-state index in [2.05, 4.69) is 32.3 Å². The number of nitrogens with zero attached hydrogens (tertiary/aromatic N) is 5. The number of hydrogen-bond acceptors (Lipinski definition) is 6. The molecule has 3 aliphatic heterocycles. The minimum atomic E-state index is -0.356. The summed E-state index contributed by atoms with van der Waals surface area (Å²) in [6, 6.07) is 3.86. The fraction of sp³-hybridized carbons (Fsp3) is 0.565. The summed E-state index contributed by atoms with van der Waals surface area (Å²) in [5.74, 6) is 0.668. The van der Waals surface area contributed by atoms with Gasteiger partial charge in [0.2, 0.25) is 0 Å². The molecule has 2 fully saturated rings. The first kappa shape index (κ1) is 23.0. The Hall–Kier alpha value is -3.14. The quantitative estimate of drug-likeness (QED) is 0.737. The molecule has 0 bridgehead atoms. The van der Waals surface area contributed by atoms with Crippen molar-refractivity contribution < 1.29 is 14.3 Å². The number of methoxy groups -OCH3 is 1. The van der Waals surface area contributed by atoms with E-state index in [9.17, 15) is 9.59 Å². The highest BCUT2D eigenvalue weighted by molar-refractivity contribution is 6.02. The molecule has 0 aliphatic carbocycles. The molecule has 2 aromatic rings. The lowest BCUT2D eigenvalue weighted by Crippen LogP contribution is -2.59. The fourth-order valence-corrected chi connectivity index (χ4v) is 5.11. The van der Waals surface area contributed by atoms with E-state index in [-0.39, 0.29) is 37.1 Å². The predicted octanol–water partition coefficient (Wildman–Crippen LogP) is 2.87. The second kappa shape index (κ2) is 9.01. The summed E-state index contributed by atoms with van der Waals surface area (Å²) in [5, 5.41) is 10.1. The van der Waals surface area contributed by atoms with Crippen molar-refractivity contribution in [3.05, 3.63) is 35.3 Å². The van der Waals surface area contributed by atoms with E-state index in [1.807, 2.05) is 16.7 Å². The first-order valence-electron chi connectivity index (χ1n) is 11.2. The van der Waals surface area contributed by atoms with Crippen molar-refractivity contribution in [1.29, 1.82) is 0 Å². The van der Waals surface area contributed by atoms with Crippen LogP contribution in [-0.4, -0.2) is 80.6 Å². The number of rotatable bonds is 3. The van der Waals surface area contributed by atoms with Gasteiger partial charge in [-0.3, -0.25) is 14.8 Å². The molecule has 33 heavy (non-hydrogen) atoms. The number of anilines is 1. The molecule has 10 nitrogen and oxygen atoms in total. The molecule has 0 aromatic carbocycles. The molecule has 1 unspecified atom stereocenters. The van der Waals surface area contributed by atoms with Crippen LogP contribution in [-0.2, 0) is 6.54 Å². The van der Waals surface area contributed by atoms with Gasteiger partial charge in [0.1, 0.15) is 11.4 Å². The Labute approximate surface area is 194 Å². The van der Waals surface area contributed by atoms with E-state index < -0.39 is 0 Å². The molecule has 5 rings (SSSR count). The number of aromatic amines is 1. The Bertz CT molecular complexity index is 1020. The van der Waals surface area contributed by atoms with E-state index >= 15 is 0 Å². The second-order valence-electron chi connectivity index (χ2n) is 8.88. The lowest BCUT2D eigenvalue weighted by atomic mass is 10.1. The van der Waals surface area contributed by atoms with Gasteiger partial charge in [-0.2, -0.15) is 5.10 Å². The monoisotopic (exact) mass is 455 g/mol. The molecule has 10 heteroatoms. The zero-order valence-corrected chi connectivity index (χ0v) is 18.7. The first-order valence-corrected chi connectivity index (χ1v) is 11.2. The minimum Gasteiger partial charge on any atom is -0.495 e. The van der Waals surface area contributed by atoms with Crippen LogP contribution in [0.2, 0.25) is 0 Å². The van der Waals surface area contributed by atoms with E-state index in [1.54, 1.807) is 19.2 Å². The zero-order valence-electron chi connectivity index (χ0n) is 18.7. The summed E-state index contributed by atoms with van der Waals surface area (Å²) in [7, 11) is 1.55. The average molecular weight is 456 g/mol. The number of aromatic nitrogens is 3. The maximum atomic E-state index is 13.5. The van der Waals surface area contributed by atoms with Crippen molar-refractivity contribution in [2.24, 2.45) is 0 Å². The summed E-state index contributed by atoms with van der Waals surface area (Å²) in [6.45, 7) is 7.38. The van der Waals surface area contributed by atoms with Crippen LogP contribution in [0.25, 0.3) is 0 Å². The topological polar surface area (TPSA) is 107 Å². The molecule has 0 spiro atoms. The molecule has 0 saturated carbocycles. The summed E-state index contributed by atoms with van der Waals surface area (Å²) >= 11 is 0. The average Bonchev–Trinajstić information content (AvgIpc) is 3.50. The standard InChI is InChI=1S/C22H29N7O3.CH4/c1-13-10-27-8-4-5-15(27)11-28(13)22(31)29-12-17-19(14(29)2)25-26-20(17)24-21(30)18-7-6-16(32-3)9-23-18;/h6-7,9,13-15H,4-5,8,10-12H2,1-3H3,(H2,24,25,26,30);1H4/t13-,14?,15-;/m0./s1. The highest BCUT2D eigenvalue weighted by atomic mass is 16.5. The highest BCUT2D eigenvalue weighted by Gasteiger charge is 2.42. The molecule has 2 aromatic heterocycles. The summed E-state index contributed by atoms with van der Waals surface area (Å²) in [5.41, 5.74) is 1.98. The number of carbonyl (C=O) groups excluding carboxylic acids is 2. The smallest absolute Gasteiger partial charge is 0.321 e. The SMILES string of the molecule is C.COc1ccc(C(=O)Nc2n[nH]c3c2CN(C(=O)N2C[C@@H]4CCCN4C[C@@H]2C)C3C)nc1. The lowest BCUT2D eigenvalue weighted by molar-refractivity contribution is 0.0580. The Morgan fingerprint density at radius 3 is 2.76 bits per heavy atom. The number of piperazine rings is 1. The van der Waals surface area contributed by atoms with Gasteiger partial charge in [0.15, 0.2) is 5.82 Å². The van der Waals surface area contributed by atoms with Crippen LogP contribution < -0.4 is 10.1 Å². The van der Waals surface area contributed by atoms with E-state index in [1.165, 1.54) is 12.6 Å². The number of amides is 3. The van der Waals surface area contributed by atoms with Crippen LogP contribution in [0.3, 0.4) is 0 Å². The number of H-pyrrole nitrogens is 1.